The Morgan fingerprint density at radius 1 is 0.647 bits per heavy atom. The van der Waals surface area contributed by atoms with Crippen molar-refractivity contribution in [3.8, 4) is 0 Å². The zero-order chi connectivity index (χ0) is 38.6. The molecule has 10 nitrogen and oxygen atoms in total. The summed E-state index contributed by atoms with van der Waals surface area (Å²) in [5.41, 5.74) is 0. The molecule has 0 aliphatic rings. The SMILES string of the molecule is CCCCCCCC/C=C\CCCCCCCC(=O)OC(C(=O)CCCCCCCCCCCCC)C(O)CO.C[N+](C)(C)CCOP(=O)(O)O. The maximum absolute atomic E-state index is 12.6. The first kappa shape index (κ1) is 52.0. The summed E-state index contributed by atoms with van der Waals surface area (Å²) >= 11 is 0. The van der Waals surface area contributed by atoms with Gasteiger partial charge in [-0.25, -0.2) is 4.57 Å². The number of hydrogen-bond donors (Lipinski definition) is 4. The third kappa shape index (κ3) is 41.5. The Kier molecular flexibility index (Phi) is 36.6. The standard InChI is InChI=1S/C35H66O5.C5H14NO4P/c1-3-5-7-9-11-13-15-16-17-18-20-22-24-26-28-30-34(39)40-35(33(38)31-36)32(37)29-27-25-23-21-19-14-12-10-8-6-4-2;1-6(2,3)4-5-10-11(7,8)9/h16-17,33,35-36,38H,3-15,18-31H2,1-2H3;4-5H2,1-3H3,(H-,7,8,9)/p+1/b17-16-;. The fourth-order valence-corrected chi connectivity index (χ4v) is 5.85. The Morgan fingerprint density at radius 3 is 1.43 bits per heavy atom. The van der Waals surface area contributed by atoms with Crippen LogP contribution in [0.1, 0.15) is 181 Å². The highest BCUT2D eigenvalue weighted by Gasteiger charge is 2.29. The van der Waals surface area contributed by atoms with E-state index in [1.54, 1.807) is 0 Å². The molecule has 0 aromatic carbocycles. The number of Topliss-reactive ketones (excluding diaryl/α,β-unsaturated/α-hetero) is 1. The monoisotopic (exact) mass is 751 g/mol. The van der Waals surface area contributed by atoms with Crippen LogP contribution in [-0.4, -0.2) is 89.3 Å². The van der Waals surface area contributed by atoms with Gasteiger partial charge in [-0.15, -0.1) is 0 Å². The molecule has 0 spiro atoms. The van der Waals surface area contributed by atoms with Crippen LogP contribution in [0.4, 0.5) is 0 Å². The zero-order valence-electron chi connectivity index (χ0n) is 33.5. The largest absolute Gasteiger partial charge is 0.469 e. The van der Waals surface area contributed by atoms with Gasteiger partial charge in [0.25, 0.3) is 0 Å². The Bertz CT molecular complexity index is 872. The van der Waals surface area contributed by atoms with Gasteiger partial charge in [0.1, 0.15) is 19.3 Å². The molecule has 0 aromatic rings. The predicted molar refractivity (Wildman–Crippen MR) is 209 cm³/mol. The molecule has 2 atom stereocenters. The van der Waals surface area contributed by atoms with E-state index in [2.05, 4.69) is 30.5 Å². The Morgan fingerprint density at radius 2 is 1.04 bits per heavy atom. The van der Waals surface area contributed by atoms with Gasteiger partial charge in [-0.2, -0.15) is 0 Å². The molecule has 0 aliphatic heterocycles. The number of phosphoric ester groups is 1. The Balaban J connectivity index is 0. The normalized spacial score (nSPS) is 13.2. The molecule has 0 rings (SSSR count). The van der Waals surface area contributed by atoms with Crippen molar-refractivity contribution in [1.29, 1.82) is 0 Å². The summed E-state index contributed by atoms with van der Waals surface area (Å²) in [4.78, 5) is 41.5. The van der Waals surface area contributed by atoms with Crippen molar-refractivity contribution in [2.45, 2.75) is 193 Å². The fourth-order valence-electron chi connectivity index (χ4n) is 5.53. The van der Waals surface area contributed by atoms with Crippen molar-refractivity contribution in [3.05, 3.63) is 12.2 Å². The highest BCUT2D eigenvalue weighted by Crippen LogP contribution is 2.35. The zero-order valence-corrected chi connectivity index (χ0v) is 34.4. The second kappa shape index (κ2) is 35.9. The second-order valence-corrected chi connectivity index (χ2v) is 16.3. The molecular weight excluding hydrogens is 669 g/mol. The number of unbranched alkanes of at least 4 members (excludes halogenated alkanes) is 21. The van der Waals surface area contributed by atoms with Gasteiger partial charge in [0, 0.05) is 12.8 Å². The van der Waals surface area contributed by atoms with Gasteiger partial charge in [0.05, 0.1) is 27.7 Å². The maximum atomic E-state index is 12.6. The molecule has 0 aliphatic carbocycles. The van der Waals surface area contributed by atoms with Crippen LogP contribution < -0.4 is 0 Å². The van der Waals surface area contributed by atoms with Crippen LogP contribution in [0, 0.1) is 0 Å². The van der Waals surface area contributed by atoms with E-state index in [9.17, 15) is 24.4 Å². The minimum absolute atomic E-state index is 0.0772. The van der Waals surface area contributed by atoms with E-state index in [1.807, 2.05) is 21.1 Å². The Hall–Kier alpha value is -1.13. The van der Waals surface area contributed by atoms with Crippen molar-refractivity contribution in [2.24, 2.45) is 0 Å². The number of aliphatic hydroxyl groups excluding tert-OH is 2. The van der Waals surface area contributed by atoms with E-state index < -0.39 is 32.6 Å². The number of rotatable bonds is 35. The summed E-state index contributed by atoms with van der Waals surface area (Å²) < 4.78 is 20.4. The molecule has 51 heavy (non-hydrogen) atoms. The van der Waals surface area contributed by atoms with E-state index in [4.69, 9.17) is 14.5 Å². The molecule has 11 heteroatoms. The number of carbonyl (C=O) groups excluding carboxylic acids is 2. The quantitative estimate of drug-likeness (QED) is 0.0163. The lowest BCUT2D eigenvalue weighted by atomic mass is 10.0. The van der Waals surface area contributed by atoms with Gasteiger partial charge in [0.2, 0.25) is 0 Å². The van der Waals surface area contributed by atoms with Gasteiger partial charge in [-0.05, 0) is 38.5 Å². The fraction of sp³-hybridized carbons (Fsp3) is 0.900. The number of quaternary nitrogens is 1. The average Bonchev–Trinajstić information content (AvgIpc) is 3.06. The van der Waals surface area contributed by atoms with Crippen LogP contribution in [-0.2, 0) is 23.4 Å². The van der Waals surface area contributed by atoms with Crippen molar-refractivity contribution in [3.63, 3.8) is 0 Å². The van der Waals surface area contributed by atoms with Gasteiger partial charge < -0.3 is 29.2 Å². The number of aliphatic hydroxyl groups is 2. The molecule has 0 heterocycles. The van der Waals surface area contributed by atoms with Crippen molar-refractivity contribution in [2.75, 3.05) is 40.9 Å². The number of ether oxygens (including phenoxy) is 1. The number of phosphoric acid groups is 1. The van der Waals surface area contributed by atoms with Crippen LogP contribution in [0.3, 0.4) is 0 Å². The summed E-state index contributed by atoms with van der Waals surface area (Å²) in [5.74, 6) is -0.738. The van der Waals surface area contributed by atoms with Gasteiger partial charge >= 0.3 is 13.8 Å². The third-order valence-corrected chi connectivity index (χ3v) is 9.32. The molecule has 0 bridgehead atoms. The smallest absolute Gasteiger partial charge is 0.451 e. The van der Waals surface area contributed by atoms with E-state index in [0.29, 0.717) is 11.0 Å². The van der Waals surface area contributed by atoms with Crippen molar-refractivity contribution >= 4 is 19.6 Å². The van der Waals surface area contributed by atoms with Gasteiger partial charge in [0.15, 0.2) is 11.9 Å². The van der Waals surface area contributed by atoms with Gasteiger partial charge in [-0.1, -0.05) is 142 Å². The molecule has 2 unspecified atom stereocenters. The number of likely N-dealkylation sites (N-methyl/N-ethyl adjacent to an activating group) is 1. The molecule has 304 valence electrons. The first-order chi connectivity index (χ1) is 24.3. The first-order valence-corrected chi connectivity index (χ1v) is 22.0. The van der Waals surface area contributed by atoms with Crippen LogP contribution in [0.2, 0.25) is 0 Å². The molecule has 0 radical (unpaired) electrons. The molecule has 0 amide bonds. The molecule has 0 aromatic heterocycles. The highest BCUT2D eigenvalue weighted by atomic mass is 31.2. The van der Waals surface area contributed by atoms with Crippen molar-refractivity contribution < 1.29 is 47.9 Å². The minimum atomic E-state index is -4.26. The molecular formula is C40H81NO9P+. The lowest BCUT2D eigenvalue weighted by Gasteiger charge is -2.23. The topological polar surface area (TPSA) is 151 Å². The molecule has 0 saturated carbocycles. The van der Waals surface area contributed by atoms with Crippen LogP contribution in [0.5, 0.6) is 0 Å². The molecule has 4 N–H and O–H groups in total. The average molecular weight is 751 g/mol. The van der Waals surface area contributed by atoms with Crippen molar-refractivity contribution in [1.82, 2.24) is 0 Å². The van der Waals surface area contributed by atoms with Crippen LogP contribution in [0.25, 0.3) is 0 Å². The van der Waals surface area contributed by atoms with E-state index >= 15 is 0 Å². The van der Waals surface area contributed by atoms with Crippen LogP contribution >= 0.6 is 7.82 Å². The summed E-state index contributed by atoms with van der Waals surface area (Å²) in [6.07, 6.45) is 31.2. The number of esters is 1. The second-order valence-electron chi connectivity index (χ2n) is 15.1. The highest BCUT2D eigenvalue weighted by molar-refractivity contribution is 7.46. The summed E-state index contributed by atoms with van der Waals surface area (Å²) in [6.45, 7) is 4.55. The number of carbonyl (C=O) groups is 2. The van der Waals surface area contributed by atoms with Gasteiger partial charge in [-0.3, -0.25) is 14.1 Å². The summed E-state index contributed by atoms with van der Waals surface area (Å²) in [5, 5.41) is 19.4. The van der Waals surface area contributed by atoms with E-state index in [-0.39, 0.29) is 25.2 Å². The summed E-state index contributed by atoms with van der Waals surface area (Å²) in [7, 11) is 1.50. The number of nitrogens with zero attached hydrogens (tertiary/aromatic N) is 1. The Labute approximate surface area is 313 Å². The van der Waals surface area contributed by atoms with E-state index in [0.717, 1.165) is 51.4 Å². The number of allylic oxidation sites excluding steroid dienone is 2. The maximum Gasteiger partial charge on any atom is 0.469 e. The van der Waals surface area contributed by atoms with E-state index in [1.165, 1.54) is 103 Å². The number of hydrogen-bond acceptors (Lipinski definition) is 7. The lowest BCUT2D eigenvalue weighted by Crippen LogP contribution is -2.40. The third-order valence-electron chi connectivity index (χ3n) is 8.80. The summed E-state index contributed by atoms with van der Waals surface area (Å²) in [6, 6.07) is 0. The minimum Gasteiger partial charge on any atom is -0.451 e. The first-order valence-electron chi connectivity index (χ1n) is 20.4. The van der Waals surface area contributed by atoms with Crippen LogP contribution in [0.15, 0.2) is 12.2 Å². The molecule has 0 fully saturated rings. The lowest BCUT2D eigenvalue weighted by molar-refractivity contribution is -0.870. The number of ketones is 1. The molecule has 0 saturated heterocycles. The predicted octanol–water partition coefficient (Wildman–Crippen LogP) is 9.36.